The maximum Gasteiger partial charge on any atom is 0.323 e. The molecule has 0 fully saturated rings. The van der Waals surface area contributed by atoms with Gasteiger partial charge in [-0.15, -0.1) is 0 Å². The second kappa shape index (κ2) is 10.2. The van der Waals surface area contributed by atoms with Gasteiger partial charge in [-0.25, -0.2) is 0 Å². The molecule has 0 aliphatic carbocycles. The van der Waals surface area contributed by atoms with Crippen molar-refractivity contribution in [2.75, 3.05) is 6.54 Å². The monoisotopic (exact) mass is 440 g/mol. The maximum atomic E-state index is 12.8. The number of carboxylic acid groups (broad SMARTS) is 1. The van der Waals surface area contributed by atoms with E-state index >= 15 is 0 Å². The fourth-order valence-corrected chi connectivity index (χ4v) is 4.02. The number of carboxylic acids is 1. The minimum atomic E-state index is -1.15. The van der Waals surface area contributed by atoms with Crippen LogP contribution in [0.1, 0.15) is 11.1 Å². The predicted octanol–water partition coefficient (Wildman–Crippen LogP) is 3.14. The Morgan fingerprint density at radius 3 is 2.33 bits per heavy atom. The molecule has 2 aromatic carbocycles. The van der Waals surface area contributed by atoms with Crippen LogP contribution < -0.4 is 5.32 Å². The molecule has 8 heteroatoms. The van der Waals surface area contributed by atoms with Crippen molar-refractivity contribution in [2.24, 2.45) is 0 Å². The van der Waals surface area contributed by atoms with Gasteiger partial charge in [-0.3, -0.25) is 19.3 Å². The Balaban J connectivity index is 1.94. The van der Waals surface area contributed by atoms with Crippen molar-refractivity contribution >= 4 is 47.9 Å². The number of thiol groups is 1. The number of hydrogen-bond acceptors (Lipinski definition) is 5. The Bertz CT molecular complexity index is 991. The SMILES string of the molecule is O=C(O)CN1C(=O)C=CSC(NC(=O)C(S)Cc2ccccc2)=C1c1ccccc1. The standard InChI is InChI=1S/C22H20N2O4S2/c25-18-11-12-30-22(23-21(28)17(29)13-15-7-3-1-4-8-15)20(24(18)14-19(26)27)16-9-5-2-6-10-16/h1-12,17,29H,13-14H2,(H,23,28)(H,26,27). The molecule has 1 aliphatic heterocycles. The van der Waals surface area contributed by atoms with Crippen LogP contribution in [0.5, 0.6) is 0 Å². The largest absolute Gasteiger partial charge is 0.480 e. The van der Waals surface area contributed by atoms with Gasteiger partial charge in [-0.05, 0) is 17.4 Å². The number of benzene rings is 2. The van der Waals surface area contributed by atoms with Crippen molar-refractivity contribution in [3.05, 3.63) is 88.3 Å². The van der Waals surface area contributed by atoms with Crippen LogP contribution in [-0.2, 0) is 20.8 Å². The van der Waals surface area contributed by atoms with E-state index in [1.807, 2.05) is 36.4 Å². The zero-order valence-electron chi connectivity index (χ0n) is 15.9. The molecule has 154 valence electrons. The summed E-state index contributed by atoms with van der Waals surface area (Å²) in [6.07, 6.45) is 1.72. The van der Waals surface area contributed by atoms with Crippen LogP contribution in [0.4, 0.5) is 0 Å². The van der Waals surface area contributed by atoms with Gasteiger partial charge >= 0.3 is 5.97 Å². The van der Waals surface area contributed by atoms with Crippen LogP contribution >= 0.6 is 24.4 Å². The molecule has 0 aromatic heterocycles. The summed E-state index contributed by atoms with van der Waals surface area (Å²) in [5.74, 6) is -1.96. The summed E-state index contributed by atoms with van der Waals surface area (Å²) >= 11 is 5.59. The third-order valence-electron chi connectivity index (χ3n) is 4.30. The minimum absolute atomic E-state index is 0.337. The first-order valence-electron chi connectivity index (χ1n) is 9.14. The average molecular weight is 441 g/mol. The molecule has 0 radical (unpaired) electrons. The first kappa shape index (κ1) is 21.7. The summed E-state index contributed by atoms with van der Waals surface area (Å²) in [5, 5.41) is 13.4. The summed E-state index contributed by atoms with van der Waals surface area (Å²) in [6.45, 7) is -0.526. The highest BCUT2D eigenvalue weighted by Crippen LogP contribution is 2.32. The smallest absolute Gasteiger partial charge is 0.323 e. The second-order valence-electron chi connectivity index (χ2n) is 6.48. The van der Waals surface area contributed by atoms with E-state index in [0.29, 0.717) is 22.7 Å². The lowest BCUT2D eigenvalue weighted by atomic mass is 10.1. The summed E-state index contributed by atoms with van der Waals surface area (Å²) in [7, 11) is 0. The molecule has 2 amide bonds. The van der Waals surface area contributed by atoms with Crippen LogP contribution in [0.3, 0.4) is 0 Å². The molecular formula is C22H20N2O4S2. The number of rotatable bonds is 7. The molecule has 3 rings (SSSR count). The zero-order chi connectivity index (χ0) is 21.5. The van der Waals surface area contributed by atoms with Crippen LogP contribution in [0.25, 0.3) is 5.70 Å². The molecule has 30 heavy (non-hydrogen) atoms. The minimum Gasteiger partial charge on any atom is -0.480 e. The van der Waals surface area contributed by atoms with Crippen molar-refractivity contribution < 1.29 is 19.5 Å². The van der Waals surface area contributed by atoms with Crippen molar-refractivity contribution in [3.8, 4) is 0 Å². The van der Waals surface area contributed by atoms with Crippen molar-refractivity contribution in [1.82, 2.24) is 10.2 Å². The van der Waals surface area contributed by atoms with Crippen LogP contribution in [0.2, 0.25) is 0 Å². The number of carbonyl (C=O) groups excluding carboxylic acids is 2. The van der Waals surface area contributed by atoms with Gasteiger partial charge < -0.3 is 10.4 Å². The number of carbonyl (C=O) groups is 3. The van der Waals surface area contributed by atoms with Crippen molar-refractivity contribution in [1.29, 1.82) is 0 Å². The van der Waals surface area contributed by atoms with E-state index < -0.39 is 23.7 Å². The molecule has 1 heterocycles. The fraction of sp³-hybridized carbons (Fsp3) is 0.136. The Morgan fingerprint density at radius 2 is 1.70 bits per heavy atom. The van der Waals surface area contributed by atoms with Crippen LogP contribution in [0, 0.1) is 0 Å². The van der Waals surface area contributed by atoms with Crippen molar-refractivity contribution in [3.63, 3.8) is 0 Å². The first-order valence-corrected chi connectivity index (χ1v) is 10.5. The number of hydrogen-bond donors (Lipinski definition) is 3. The number of nitrogens with zero attached hydrogens (tertiary/aromatic N) is 1. The van der Waals surface area contributed by atoms with Gasteiger partial charge in [0.25, 0.3) is 5.91 Å². The highest BCUT2D eigenvalue weighted by atomic mass is 32.2. The Kier molecular flexibility index (Phi) is 7.37. The third kappa shape index (κ3) is 5.55. The Hall–Kier alpha value is -2.97. The summed E-state index contributed by atoms with van der Waals surface area (Å²) in [5.41, 5.74) is 1.94. The summed E-state index contributed by atoms with van der Waals surface area (Å²) < 4.78 is 0. The van der Waals surface area contributed by atoms with Gasteiger partial charge in [-0.2, -0.15) is 12.6 Å². The van der Waals surface area contributed by atoms with E-state index in [1.165, 1.54) is 11.5 Å². The third-order valence-corrected chi connectivity index (χ3v) is 5.52. The fourth-order valence-electron chi connectivity index (χ4n) is 2.93. The molecule has 0 spiro atoms. The van der Waals surface area contributed by atoms with Crippen molar-refractivity contribution in [2.45, 2.75) is 11.7 Å². The molecule has 6 nitrogen and oxygen atoms in total. The lowest BCUT2D eigenvalue weighted by Gasteiger charge is -2.25. The van der Waals surface area contributed by atoms with Crippen LogP contribution in [-0.4, -0.2) is 39.6 Å². The summed E-state index contributed by atoms with van der Waals surface area (Å²) in [6, 6.07) is 18.4. The highest BCUT2D eigenvalue weighted by molar-refractivity contribution is 8.06. The normalized spacial score (nSPS) is 15.0. The number of aliphatic carboxylic acids is 1. The number of amides is 2. The quantitative estimate of drug-likeness (QED) is 0.576. The van der Waals surface area contributed by atoms with E-state index in [2.05, 4.69) is 17.9 Å². The lowest BCUT2D eigenvalue weighted by molar-refractivity contribution is -0.140. The van der Waals surface area contributed by atoms with E-state index in [9.17, 15) is 19.5 Å². The Morgan fingerprint density at radius 1 is 1.07 bits per heavy atom. The number of nitrogens with one attached hydrogen (secondary N) is 1. The van der Waals surface area contributed by atoms with Gasteiger partial charge in [0.1, 0.15) is 11.6 Å². The van der Waals surface area contributed by atoms with Gasteiger partial charge in [0, 0.05) is 11.6 Å². The number of thioether (sulfide) groups is 1. The van der Waals surface area contributed by atoms with Gasteiger partial charge in [-0.1, -0.05) is 72.4 Å². The zero-order valence-corrected chi connectivity index (χ0v) is 17.6. The molecule has 0 bridgehead atoms. The molecule has 0 saturated heterocycles. The van der Waals surface area contributed by atoms with E-state index in [1.54, 1.807) is 24.3 Å². The lowest BCUT2D eigenvalue weighted by Crippen LogP contribution is -2.37. The van der Waals surface area contributed by atoms with Gasteiger partial charge in [0.2, 0.25) is 5.91 Å². The van der Waals surface area contributed by atoms with E-state index in [-0.39, 0.29) is 5.91 Å². The van der Waals surface area contributed by atoms with Gasteiger partial charge in [0.05, 0.1) is 10.9 Å². The molecule has 1 atom stereocenters. The topological polar surface area (TPSA) is 86.7 Å². The van der Waals surface area contributed by atoms with Gasteiger partial charge in [0.15, 0.2) is 0 Å². The summed E-state index contributed by atoms with van der Waals surface area (Å²) in [4.78, 5) is 37.9. The second-order valence-corrected chi connectivity index (χ2v) is 8.02. The molecule has 0 saturated carbocycles. The molecular weight excluding hydrogens is 420 g/mol. The molecule has 2 aromatic rings. The Labute approximate surface area is 184 Å². The average Bonchev–Trinajstić information content (AvgIpc) is 2.88. The molecule has 1 aliphatic rings. The molecule has 2 N–H and O–H groups in total. The maximum absolute atomic E-state index is 12.8. The molecule has 1 unspecified atom stereocenters. The van der Waals surface area contributed by atoms with E-state index in [4.69, 9.17) is 0 Å². The highest BCUT2D eigenvalue weighted by Gasteiger charge is 2.28. The first-order chi connectivity index (χ1) is 14.5. The van der Waals surface area contributed by atoms with E-state index in [0.717, 1.165) is 22.2 Å². The predicted molar refractivity (Wildman–Crippen MR) is 121 cm³/mol. The van der Waals surface area contributed by atoms with Crippen LogP contribution in [0.15, 0.2) is 77.2 Å².